The van der Waals surface area contributed by atoms with E-state index in [1.54, 1.807) is 0 Å². The number of hydrogen-bond acceptors (Lipinski definition) is 6. The molecule has 0 aliphatic carbocycles. The van der Waals surface area contributed by atoms with Gasteiger partial charge in [0.1, 0.15) is 6.61 Å². The summed E-state index contributed by atoms with van der Waals surface area (Å²) < 4.78 is 4.67. The number of carboxylic acids is 2. The molecule has 9 nitrogen and oxygen atoms in total. The van der Waals surface area contributed by atoms with Crippen molar-refractivity contribution < 1.29 is 39.2 Å². The molecule has 0 rings (SSSR count). The first-order valence-electron chi connectivity index (χ1n) is 5.85. The number of nitrogens with one attached hydrogen (secondary N) is 1. The van der Waals surface area contributed by atoms with Crippen LogP contribution in [-0.2, 0) is 23.9 Å². The van der Waals surface area contributed by atoms with E-state index in [1.807, 2.05) is 0 Å². The van der Waals surface area contributed by atoms with Crippen LogP contribution in [0.25, 0.3) is 0 Å². The predicted octanol–water partition coefficient (Wildman–Crippen LogP) is -1.10. The fourth-order valence-electron chi connectivity index (χ4n) is 1.25. The number of hydrogen-bond donors (Lipinski definition) is 4. The number of carbonyl (C=O) groups is 4. The van der Waals surface area contributed by atoms with Crippen molar-refractivity contribution in [2.75, 3.05) is 13.2 Å². The molecular weight excluding hydrogens is 286 g/mol. The van der Waals surface area contributed by atoms with E-state index in [1.165, 1.54) is 6.92 Å². The minimum Gasteiger partial charge on any atom is -0.481 e. The van der Waals surface area contributed by atoms with Crippen molar-refractivity contribution in [3.8, 4) is 0 Å². The second-order valence-electron chi connectivity index (χ2n) is 4.35. The average molecular weight is 303 g/mol. The highest BCUT2D eigenvalue weighted by Crippen LogP contribution is 2.15. The summed E-state index contributed by atoms with van der Waals surface area (Å²) in [4.78, 5) is 43.7. The Kier molecular flexibility index (Phi) is 7.08. The predicted molar refractivity (Wildman–Crippen MR) is 68.2 cm³/mol. The normalized spacial score (nSPS) is 12.9. The van der Waals surface area contributed by atoms with Crippen LogP contribution in [0, 0.1) is 0 Å². The number of esters is 1. The van der Waals surface area contributed by atoms with Crippen LogP contribution in [0.4, 0.5) is 0 Å². The van der Waals surface area contributed by atoms with E-state index in [0.29, 0.717) is 0 Å². The molecule has 1 unspecified atom stereocenters. The summed E-state index contributed by atoms with van der Waals surface area (Å²) in [5.74, 6) is -4.89. The maximum absolute atomic E-state index is 11.4. The number of carbonyl (C=O) groups excluding carboxylic acids is 2. The molecule has 0 saturated heterocycles. The van der Waals surface area contributed by atoms with Gasteiger partial charge in [0.05, 0.1) is 19.4 Å². The van der Waals surface area contributed by atoms with Crippen LogP contribution in [0.5, 0.6) is 0 Å². The molecule has 0 aromatic carbocycles. The van der Waals surface area contributed by atoms with Crippen LogP contribution in [0.15, 0.2) is 12.2 Å². The Morgan fingerprint density at radius 3 is 2.19 bits per heavy atom. The highest BCUT2D eigenvalue weighted by atomic mass is 16.5. The second kappa shape index (κ2) is 8.00. The molecule has 0 spiro atoms. The highest BCUT2D eigenvalue weighted by Gasteiger charge is 2.40. The van der Waals surface area contributed by atoms with Crippen LogP contribution in [0.3, 0.4) is 0 Å². The van der Waals surface area contributed by atoms with Gasteiger partial charge in [0.15, 0.2) is 5.60 Å². The van der Waals surface area contributed by atoms with Crippen LogP contribution in [-0.4, -0.2) is 57.9 Å². The van der Waals surface area contributed by atoms with Crippen LogP contribution in [0.1, 0.15) is 19.8 Å². The third kappa shape index (κ3) is 7.06. The summed E-state index contributed by atoms with van der Waals surface area (Å²) in [6, 6.07) is 0. The average Bonchev–Trinajstić information content (AvgIpc) is 2.32. The van der Waals surface area contributed by atoms with Crippen molar-refractivity contribution >= 4 is 23.8 Å². The minimum absolute atomic E-state index is 0.110. The van der Waals surface area contributed by atoms with Gasteiger partial charge >= 0.3 is 17.9 Å². The van der Waals surface area contributed by atoms with E-state index in [0.717, 1.165) is 0 Å². The molecule has 0 aliphatic rings. The zero-order chi connectivity index (χ0) is 16.6. The van der Waals surface area contributed by atoms with Gasteiger partial charge in [-0.1, -0.05) is 6.58 Å². The Morgan fingerprint density at radius 1 is 1.19 bits per heavy atom. The number of ether oxygens (including phenoxy) is 1. The Labute approximate surface area is 120 Å². The summed E-state index contributed by atoms with van der Waals surface area (Å²) in [6.07, 6.45) is -2.04. The van der Waals surface area contributed by atoms with Gasteiger partial charge < -0.3 is 25.4 Å². The number of amides is 1. The van der Waals surface area contributed by atoms with E-state index >= 15 is 0 Å². The largest absolute Gasteiger partial charge is 0.481 e. The molecule has 0 saturated carbocycles. The van der Waals surface area contributed by atoms with Gasteiger partial charge in [0.2, 0.25) is 5.91 Å². The number of aliphatic carboxylic acids is 2. The third-order valence-electron chi connectivity index (χ3n) is 2.30. The first-order valence-corrected chi connectivity index (χ1v) is 5.85. The first-order chi connectivity index (χ1) is 9.58. The SMILES string of the molecule is C=C(C)C(=O)OCCNC(=O)CC(O)(CC(=O)O)C(=O)O. The molecule has 4 N–H and O–H groups in total. The van der Waals surface area contributed by atoms with Crippen molar-refractivity contribution in [1.82, 2.24) is 5.32 Å². The summed E-state index contributed by atoms with van der Waals surface area (Å²) in [5, 5.41) is 29.1. The monoisotopic (exact) mass is 303 g/mol. The molecule has 0 aliphatic heterocycles. The number of carboxylic acid groups (broad SMARTS) is 2. The van der Waals surface area contributed by atoms with E-state index in [2.05, 4.69) is 16.6 Å². The van der Waals surface area contributed by atoms with Crippen molar-refractivity contribution in [3.05, 3.63) is 12.2 Å². The maximum atomic E-state index is 11.4. The highest BCUT2D eigenvalue weighted by molar-refractivity contribution is 5.90. The fraction of sp³-hybridized carbons (Fsp3) is 0.500. The minimum atomic E-state index is -2.69. The molecule has 0 aromatic rings. The lowest BCUT2D eigenvalue weighted by Gasteiger charge is -2.20. The maximum Gasteiger partial charge on any atom is 0.336 e. The lowest BCUT2D eigenvalue weighted by Crippen LogP contribution is -2.45. The van der Waals surface area contributed by atoms with E-state index in [4.69, 9.17) is 10.2 Å². The molecule has 0 heterocycles. The van der Waals surface area contributed by atoms with Gasteiger partial charge in [-0.2, -0.15) is 0 Å². The second-order valence-corrected chi connectivity index (χ2v) is 4.35. The molecular formula is C12H17NO8. The molecule has 0 fully saturated rings. The summed E-state index contributed by atoms with van der Waals surface area (Å²) >= 11 is 0. The Hall–Kier alpha value is -2.42. The first kappa shape index (κ1) is 18.6. The van der Waals surface area contributed by atoms with Crippen molar-refractivity contribution in [3.63, 3.8) is 0 Å². The standard InChI is InChI=1S/C12H17NO8/c1-7(2)10(17)21-4-3-13-8(14)5-12(20,11(18)19)6-9(15)16/h20H,1,3-6H2,2H3,(H,13,14)(H,15,16)(H,18,19). The third-order valence-corrected chi connectivity index (χ3v) is 2.30. The Balaban J connectivity index is 4.28. The van der Waals surface area contributed by atoms with Crippen molar-refractivity contribution in [1.29, 1.82) is 0 Å². The van der Waals surface area contributed by atoms with Gasteiger partial charge in [-0.05, 0) is 6.92 Å². The molecule has 118 valence electrons. The van der Waals surface area contributed by atoms with Gasteiger partial charge in [-0.15, -0.1) is 0 Å². The zero-order valence-corrected chi connectivity index (χ0v) is 11.4. The van der Waals surface area contributed by atoms with Crippen LogP contribution < -0.4 is 5.32 Å². The fourth-order valence-corrected chi connectivity index (χ4v) is 1.25. The molecule has 0 radical (unpaired) electrons. The molecule has 1 atom stereocenters. The summed E-state index contributed by atoms with van der Waals surface area (Å²) in [7, 11) is 0. The Bertz CT molecular complexity index is 458. The van der Waals surface area contributed by atoms with E-state index in [-0.39, 0.29) is 18.7 Å². The van der Waals surface area contributed by atoms with Crippen molar-refractivity contribution in [2.24, 2.45) is 0 Å². The number of aliphatic hydroxyl groups is 1. The summed E-state index contributed by atoms with van der Waals surface area (Å²) in [6.45, 7) is 4.52. The lowest BCUT2D eigenvalue weighted by atomic mass is 9.95. The van der Waals surface area contributed by atoms with Crippen LogP contribution in [0.2, 0.25) is 0 Å². The lowest BCUT2D eigenvalue weighted by molar-refractivity contribution is -0.167. The Morgan fingerprint density at radius 2 is 1.76 bits per heavy atom. The number of rotatable bonds is 9. The quantitative estimate of drug-likeness (QED) is 0.238. The van der Waals surface area contributed by atoms with E-state index < -0.39 is 42.3 Å². The smallest absolute Gasteiger partial charge is 0.336 e. The van der Waals surface area contributed by atoms with Gasteiger partial charge in [-0.3, -0.25) is 9.59 Å². The molecule has 1 amide bonds. The van der Waals surface area contributed by atoms with Crippen LogP contribution >= 0.6 is 0 Å². The van der Waals surface area contributed by atoms with Gasteiger partial charge in [0, 0.05) is 5.57 Å². The van der Waals surface area contributed by atoms with E-state index in [9.17, 15) is 24.3 Å². The molecule has 0 aromatic heterocycles. The molecule has 21 heavy (non-hydrogen) atoms. The molecule has 0 bridgehead atoms. The topological polar surface area (TPSA) is 150 Å². The molecule has 9 heteroatoms. The zero-order valence-electron chi connectivity index (χ0n) is 11.4. The van der Waals surface area contributed by atoms with Gasteiger partial charge in [-0.25, -0.2) is 9.59 Å². The van der Waals surface area contributed by atoms with Gasteiger partial charge in [0.25, 0.3) is 0 Å². The van der Waals surface area contributed by atoms with Crippen molar-refractivity contribution in [2.45, 2.75) is 25.4 Å². The summed E-state index contributed by atoms with van der Waals surface area (Å²) in [5.41, 5.74) is -2.51.